The summed E-state index contributed by atoms with van der Waals surface area (Å²) in [4.78, 5) is 11.9. The minimum Gasteiger partial charge on any atom is -0.294 e. The summed E-state index contributed by atoms with van der Waals surface area (Å²) in [5.41, 5.74) is 1.84. The molecule has 0 N–H and O–H groups in total. The Labute approximate surface area is 89.1 Å². The monoisotopic (exact) mass is 208 g/mol. The van der Waals surface area contributed by atoms with Gasteiger partial charge in [-0.05, 0) is 43.5 Å². The zero-order chi connectivity index (χ0) is 10.1. The molecule has 14 heavy (non-hydrogen) atoms. The van der Waals surface area contributed by atoms with E-state index in [4.69, 9.17) is 11.6 Å². The van der Waals surface area contributed by atoms with Crippen molar-refractivity contribution in [2.24, 2.45) is 5.92 Å². The molecule has 0 spiro atoms. The minimum atomic E-state index is 0.273. The van der Waals surface area contributed by atoms with Crippen LogP contribution in [0.4, 0.5) is 0 Å². The van der Waals surface area contributed by atoms with Crippen molar-refractivity contribution in [1.82, 2.24) is 0 Å². The molecule has 1 aliphatic rings. The Bertz CT molecular complexity index is 367. The molecule has 1 fully saturated rings. The molecule has 0 aliphatic heterocycles. The van der Waals surface area contributed by atoms with Crippen LogP contribution in [0, 0.1) is 12.8 Å². The molecule has 0 aromatic heterocycles. The molecule has 1 aromatic carbocycles. The number of benzene rings is 1. The highest BCUT2D eigenvalue weighted by Crippen LogP contribution is 2.31. The quantitative estimate of drug-likeness (QED) is 0.679. The molecular formula is C12H13ClO. The molecule has 1 aromatic rings. The number of hydrogen-bond donors (Lipinski definition) is 0. The maximum Gasteiger partial charge on any atom is 0.166 e. The van der Waals surface area contributed by atoms with Crippen LogP contribution < -0.4 is 0 Å². The Kier molecular flexibility index (Phi) is 2.60. The molecule has 0 radical (unpaired) electrons. The zero-order valence-corrected chi connectivity index (χ0v) is 8.97. The average Bonchev–Trinajstić information content (AvgIpc) is 2.00. The Morgan fingerprint density at radius 1 is 1.43 bits per heavy atom. The normalized spacial score (nSPS) is 16.4. The van der Waals surface area contributed by atoms with Crippen molar-refractivity contribution in [1.29, 1.82) is 0 Å². The van der Waals surface area contributed by atoms with E-state index in [-0.39, 0.29) is 5.92 Å². The lowest BCUT2D eigenvalue weighted by Gasteiger charge is -2.24. The lowest BCUT2D eigenvalue weighted by atomic mass is 9.79. The van der Waals surface area contributed by atoms with Crippen LogP contribution in [0.3, 0.4) is 0 Å². The predicted molar refractivity (Wildman–Crippen MR) is 57.9 cm³/mol. The van der Waals surface area contributed by atoms with E-state index in [0.717, 1.165) is 24.0 Å². The van der Waals surface area contributed by atoms with Gasteiger partial charge < -0.3 is 0 Å². The summed E-state index contributed by atoms with van der Waals surface area (Å²) in [5.74, 6) is 0.570. The third kappa shape index (κ3) is 1.69. The highest BCUT2D eigenvalue weighted by atomic mass is 35.5. The lowest BCUT2D eigenvalue weighted by molar-refractivity contribution is 0.0854. The standard InChI is InChI=1S/C12H13ClO/c1-8-7-10(13)5-6-11(8)12(14)9-3-2-4-9/h5-7,9H,2-4H2,1H3. The summed E-state index contributed by atoms with van der Waals surface area (Å²) >= 11 is 5.84. The van der Waals surface area contributed by atoms with Crippen LogP contribution in [0.1, 0.15) is 35.2 Å². The molecule has 0 atom stereocenters. The molecule has 1 saturated carbocycles. The first-order chi connectivity index (χ1) is 6.68. The second kappa shape index (κ2) is 3.74. The van der Waals surface area contributed by atoms with Gasteiger partial charge in [-0.2, -0.15) is 0 Å². The summed E-state index contributed by atoms with van der Waals surface area (Å²) in [7, 11) is 0. The molecule has 1 nitrogen and oxygen atoms in total. The highest BCUT2D eigenvalue weighted by Gasteiger charge is 2.26. The number of ketones is 1. The number of rotatable bonds is 2. The van der Waals surface area contributed by atoms with E-state index in [0.29, 0.717) is 10.8 Å². The van der Waals surface area contributed by atoms with E-state index in [1.807, 2.05) is 19.1 Å². The van der Waals surface area contributed by atoms with Crippen molar-refractivity contribution < 1.29 is 4.79 Å². The van der Waals surface area contributed by atoms with Crippen LogP contribution in [-0.2, 0) is 0 Å². The number of halogens is 1. The molecule has 2 heteroatoms. The van der Waals surface area contributed by atoms with E-state index in [9.17, 15) is 4.79 Å². The zero-order valence-electron chi connectivity index (χ0n) is 8.22. The molecule has 2 rings (SSSR count). The fraction of sp³-hybridized carbons (Fsp3) is 0.417. The largest absolute Gasteiger partial charge is 0.294 e. The number of carbonyl (C=O) groups is 1. The molecule has 0 unspecified atom stereocenters. The molecule has 1 aliphatic carbocycles. The van der Waals surface area contributed by atoms with Gasteiger partial charge in [0, 0.05) is 16.5 Å². The highest BCUT2D eigenvalue weighted by molar-refractivity contribution is 6.30. The second-order valence-corrected chi connectivity index (χ2v) is 4.39. The SMILES string of the molecule is Cc1cc(Cl)ccc1C(=O)C1CCC1. The fourth-order valence-corrected chi connectivity index (χ4v) is 2.02. The van der Waals surface area contributed by atoms with Crippen molar-refractivity contribution in [2.75, 3.05) is 0 Å². The van der Waals surface area contributed by atoms with E-state index in [1.165, 1.54) is 6.42 Å². The average molecular weight is 209 g/mol. The molecule has 0 saturated heterocycles. The Hall–Kier alpha value is -0.820. The summed E-state index contributed by atoms with van der Waals surface area (Å²) in [6.45, 7) is 1.94. The van der Waals surface area contributed by atoms with Crippen molar-refractivity contribution >= 4 is 17.4 Å². The molecule has 74 valence electrons. The Morgan fingerprint density at radius 2 is 2.14 bits per heavy atom. The lowest BCUT2D eigenvalue weighted by Crippen LogP contribution is -2.22. The van der Waals surface area contributed by atoms with Crippen LogP contribution in [0.25, 0.3) is 0 Å². The molecule has 0 bridgehead atoms. The van der Waals surface area contributed by atoms with Crippen LogP contribution in [0.5, 0.6) is 0 Å². The molecule has 0 amide bonds. The van der Waals surface area contributed by atoms with Gasteiger partial charge in [-0.1, -0.05) is 18.0 Å². The van der Waals surface area contributed by atoms with Gasteiger partial charge in [0.25, 0.3) is 0 Å². The van der Waals surface area contributed by atoms with E-state index in [2.05, 4.69) is 0 Å². The summed E-state index contributed by atoms with van der Waals surface area (Å²) < 4.78 is 0. The summed E-state index contributed by atoms with van der Waals surface area (Å²) in [5, 5.41) is 0.702. The van der Waals surface area contributed by atoms with Crippen molar-refractivity contribution in [2.45, 2.75) is 26.2 Å². The van der Waals surface area contributed by atoms with Gasteiger partial charge in [0.2, 0.25) is 0 Å². The first-order valence-corrected chi connectivity index (χ1v) is 5.36. The first kappa shape index (κ1) is 9.72. The van der Waals surface area contributed by atoms with Crippen molar-refractivity contribution in [3.8, 4) is 0 Å². The summed E-state index contributed by atoms with van der Waals surface area (Å²) in [6, 6.07) is 5.49. The summed E-state index contributed by atoms with van der Waals surface area (Å²) in [6.07, 6.45) is 3.31. The smallest absolute Gasteiger partial charge is 0.166 e. The van der Waals surface area contributed by atoms with Crippen molar-refractivity contribution in [3.63, 3.8) is 0 Å². The van der Waals surface area contributed by atoms with Crippen LogP contribution >= 0.6 is 11.6 Å². The molecular weight excluding hydrogens is 196 g/mol. The maximum absolute atomic E-state index is 11.9. The van der Waals surface area contributed by atoms with E-state index >= 15 is 0 Å². The molecule has 0 heterocycles. The van der Waals surface area contributed by atoms with E-state index < -0.39 is 0 Å². The predicted octanol–water partition coefficient (Wildman–Crippen LogP) is 3.63. The van der Waals surface area contributed by atoms with Crippen LogP contribution in [-0.4, -0.2) is 5.78 Å². The maximum atomic E-state index is 11.9. The van der Waals surface area contributed by atoms with Gasteiger partial charge in [0.1, 0.15) is 0 Å². The number of Topliss-reactive ketones (excluding diaryl/α,β-unsaturated/α-hetero) is 1. The Morgan fingerprint density at radius 3 is 2.64 bits per heavy atom. The van der Waals surface area contributed by atoms with E-state index in [1.54, 1.807) is 6.07 Å². The third-order valence-corrected chi connectivity index (χ3v) is 3.16. The number of carbonyl (C=O) groups excluding carboxylic acids is 1. The topological polar surface area (TPSA) is 17.1 Å². The van der Waals surface area contributed by atoms with Gasteiger partial charge in [-0.25, -0.2) is 0 Å². The van der Waals surface area contributed by atoms with Gasteiger partial charge in [0.15, 0.2) is 5.78 Å². The number of hydrogen-bond acceptors (Lipinski definition) is 1. The van der Waals surface area contributed by atoms with Gasteiger partial charge in [0.05, 0.1) is 0 Å². The first-order valence-electron chi connectivity index (χ1n) is 4.99. The number of aryl methyl sites for hydroxylation is 1. The minimum absolute atomic E-state index is 0.273. The van der Waals surface area contributed by atoms with Crippen LogP contribution in [0.15, 0.2) is 18.2 Å². The van der Waals surface area contributed by atoms with Gasteiger partial charge in [-0.15, -0.1) is 0 Å². The van der Waals surface area contributed by atoms with Gasteiger partial charge in [-0.3, -0.25) is 4.79 Å². The fourth-order valence-electron chi connectivity index (χ4n) is 1.79. The van der Waals surface area contributed by atoms with Crippen LogP contribution in [0.2, 0.25) is 5.02 Å². The van der Waals surface area contributed by atoms with Crippen molar-refractivity contribution in [3.05, 3.63) is 34.3 Å². The van der Waals surface area contributed by atoms with Gasteiger partial charge >= 0.3 is 0 Å². The second-order valence-electron chi connectivity index (χ2n) is 3.95. The Balaban J connectivity index is 2.26. The third-order valence-electron chi connectivity index (χ3n) is 2.93.